The molecule has 20 heavy (non-hydrogen) atoms. The summed E-state index contributed by atoms with van der Waals surface area (Å²) in [6, 6.07) is 6.38. The maximum atomic E-state index is 12.0. The second-order valence-corrected chi connectivity index (χ2v) is 6.34. The van der Waals surface area contributed by atoms with Gasteiger partial charge in [0.05, 0.1) is 6.54 Å². The van der Waals surface area contributed by atoms with E-state index in [1.54, 1.807) is 0 Å². The third-order valence-electron chi connectivity index (χ3n) is 3.85. The zero-order valence-corrected chi connectivity index (χ0v) is 13.6. The number of aryl methyl sites for hydroxylation is 1. The lowest BCUT2D eigenvalue weighted by atomic mass is 10.1. The molecule has 3 nitrogen and oxygen atoms in total. The molecule has 0 unspecified atom stereocenters. The Kier molecular flexibility index (Phi) is 5.89. The number of carbonyl (C=O) groups excluding carboxylic acids is 1. The van der Waals surface area contributed by atoms with Gasteiger partial charge < -0.3 is 10.6 Å². The van der Waals surface area contributed by atoms with Crippen molar-refractivity contribution in [3.8, 4) is 0 Å². The molecule has 0 spiro atoms. The Morgan fingerprint density at radius 2 is 1.95 bits per heavy atom. The Bertz CT molecular complexity index is 454. The maximum absolute atomic E-state index is 12.0. The van der Waals surface area contributed by atoms with E-state index in [4.69, 9.17) is 0 Å². The average Bonchev–Trinajstić information content (AvgIpc) is 2.69. The Balaban J connectivity index is 1.81. The summed E-state index contributed by atoms with van der Waals surface area (Å²) < 4.78 is 1.03. The van der Waals surface area contributed by atoms with Gasteiger partial charge in [-0.3, -0.25) is 4.79 Å². The lowest BCUT2D eigenvalue weighted by molar-refractivity contribution is -0.120. The molecule has 0 aromatic heterocycles. The zero-order chi connectivity index (χ0) is 14.4. The second-order valence-electron chi connectivity index (χ2n) is 5.55. The minimum Gasteiger partial charge on any atom is -0.375 e. The number of rotatable bonds is 4. The molecule has 1 aromatic rings. The second kappa shape index (κ2) is 7.67. The summed E-state index contributed by atoms with van der Waals surface area (Å²) in [7, 11) is 0. The van der Waals surface area contributed by atoms with E-state index in [1.165, 1.54) is 31.2 Å². The van der Waals surface area contributed by atoms with E-state index in [2.05, 4.69) is 26.6 Å². The first kappa shape index (κ1) is 15.4. The lowest BCUT2D eigenvalue weighted by Crippen LogP contribution is -2.38. The Labute approximate surface area is 129 Å². The fourth-order valence-electron chi connectivity index (χ4n) is 2.66. The molecule has 1 aliphatic carbocycles. The minimum absolute atomic E-state index is 0.0882. The SMILES string of the molecule is Cc1cccc(NCC(=O)NC2CCCCCC2)c1Br. The smallest absolute Gasteiger partial charge is 0.239 e. The molecular formula is C16H23BrN2O. The molecule has 0 radical (unpaired) electrons. The van der Waals surface area contributed by atoms with Crippen molar-refractivity contribution in [3.63, 3.8) is 0 Å². The number of carbonyl (C=O) groups is 1. The van der Waals surface area contributed by atoms with Crippen LogP contribution in [0.15, 0.2) is 22.7 Å². The standard InChI is InChI=1S/C16H23BrN2O/c1-12-7-6-10-14(16(12)17)18-11-15(20)19-13-8-4-2-3-5-9-13/h6-7,10,13,18H,2-5,8-9,11H2,1H3,(H,19,20). The Morgan fingerprint density at radius 3 is 2.65 bits per heavy atom. The van der Waals surface area contributed by atoms with E-state index >= 15 is 0 Å². The highest BCUT2D eigenvalue weighted by molar-refractivity contribution is 9.10. The molecule has 110 valence electrons. The van der Waals surface area contributed by atoms with Crippen molar-refractivity contribution in [1.29, 1.82) is 0 Å². The van der Waals surface area contributed by atoms with Gasteiger partial charge in [-0.05, 0) is 47.3 Å². The van der Waals surface area contributed by atoms with Gasteiger partial charge in [-0.2, -0.15) is 0 Å². The lowest BCUT2D eigenvalue weighted by Gasteiger charge is -2.17. The van der Waals surface area contributed by atoms with Crippen molar-refractivity contribution in [2.24, 2.45) is 0 Å². The third kappa shape index (κ3) is 4.51. The predicted octanol–water partition coefficient (Wildman–Crippen LogP) is 4.01. The van der Waals surface area contributed by atoms with Crippen LogP contribution in [0.3, 0.4) is 0 Å². The first-order chi connectivity index (χ1) is 9.66. The van der Waals surface area contributed by atoms with Gasteiger partial charge in [-0.25, -0.2) is 0 Å². The summed E-state index contributed by atoms with van der Waals surface area (Å²) in [6.45, 7) is 2.37. The molecule has 1 amide bonds. The number of amides is 1. The van der Waals surface area contributed by atoms with E-state index in [0.29, 0.717) is 12.6 Å². The van der Waals surface area contributed by atoms with E-state index in [-0.39, 0.29) is 5.91 Å². The van der Waals surface area contributed by atoms with Gasteiger partial charge in [-0.1, -0.05) is 37.8 Å². The molecule has 2 N–H and O–H groups in total. The molecule has 0 bridgehead atoms. The van der Waals surface area contributed by atoms with Gasteiger partial charge in [0.25, 0.3) is 0 Å². The fourth-order valence-corrected chi connectivity index (χ4v) is 3.07. The van der Waals surface area contributed by atoms with Gasteiger partial charge in [0.1, 0.15) is 0 Å². The van der Waals surface area contributed by atoms with E-state index in [9.17, 15) is 4.79 Å². The van der Waals surface area contributed by atoms with Crippen LogP contribution in [-0.2, 0) is 4.79 Å². The summed E-state index contributed by atoms with van der Waals surface area (Å²) >= 11 is 3.54. The van der Waals surface area contributed by atoms with Crippen LogP contribution in [0, 0.1) is 6.92 Å². The van der Waals surface area contributed by atoms with Crippen LogP contribution >= 0.6 is 15.9 Å². The van der Waals surface area contributed by atoms with E-state index < -0.39 is 0 Å². The Morgan fingerprint density at radius 1 is 1.25 bits per heavy atom. The first-order valence-corrected chi connectivity index (χ1v) is 8.24. The summed E-state index contributed by atoms with van der Waals surface area (Å²) in [6.07, 6.45) is 7.34. The molecular weight excluding hydrogens is 316 g/mol. The van der Waals surface area contributed by atoms with Crippen LogP contribution in [0.25, 0.3) is 0 Å². The van der Waals surface area contributed by atoms with Crippen LogP contribution in [-0.4, -0.2) is 18.5 Å². The summed E-state index contributed by atoms with van der Waals surface area (Å²) in [5, 5.41) is 6.35. The van der Waals surface area contributed by atoms with Crippen LogP contribution in [0.2, 0.25) is 0 Å². The van der Waals surface area contributed by atoms with Crippen molar-refractivity contribution in [2.75, 3.05) is 11.9 Å². The quantitative estimate of drug-likeness (QED) is 0.814. The molecule has 4 heteroatoms. The summed E-state index contributed by atoms with van der Waals surface area (Å²) in [5.74, 6) is 0.0882. The van der Waals surface area contributed by atoms with Crippen LogP contribution in [0.4, 0.5) is 5.69 Å². The molecule has 0 aliphatic heterocycles. The summed E-state index contributed by atoms with van der Waals surface area (Å²) in [4.78, 5) is 12.0. The predicted molar refractivity (Wildman–Crippen MR) is 87.0 cm³/mol. The minimum atomic E-state index is 0.0882. The van der Waals surface area contributed by atoms with Gasteiger partial charge >= 0.3 is 0 Å². The van der Waals surface area contributed by atoms with Crippen molar-refractivity contribution in [3.05, 3.63) is 28.2 Å². The first-order valence-electron chi connectivity index (χ1n) is 7.45. The highest BCUT2D eigenvalue weighted by atomic mass is 79.9. The Hall–Kier alpha value is -1.03. The van der Waals surface area contributed by atoms with Crippen LogP contribution < -0.4 is 10.6 Å². The third-order valence-corrected chi connectivity index (χ3v) is 4.90. The van der Waals surface area contributed by atoms with Gasteiger partial charge in [-0.15, -0.1) is 0 Å². The van der Waals surface area contributed by atoms with E-state index in [0.717, 1.165) is 23.0 Å². The molecule has 0 saturated heterocycles. The van der Waals surface area contributed by atoms with Crippen molar-refractivity contribution >= 4 is 27.5 Å². The summed E-state index contributed by atoms with van der Waals surface area (Å²) in [5.41, 5.74) is 2.14. The van der Waals surface area contributed by atoms with E-state index in [1.807, 2.05) is 25.1 Å². The van der Waals surface area contributed by atoms with Crippen molar-refractivity contribution < 1.29 is 4.79 Å². The van der Waals surface area contributed by atoms with Gasteiger partial charge in [0.2, 0.25) is 5.91 Å². The molecule has 0 heterocycles. The van der Waals surface area contributed by atoms with Crippen LogP contribution in [0.5, 0.6) is 0 Å². The van der Waals surface area contributed by atoms with Crippen molar-refractivity contribution in [2.45, 2.75) is 51.5 Å². The number of anilines is 1. The normalized spacial score (nSPS) is 16.5. The van der Waals surface area contributed by atoms with Gasteiger partial charge in [0.15, 0.2) is 0 Å². The highest BCUT2D eigenvalue weighted by Crippen LogP contribution is 2.25. The molecule has 2 rings (SSSR count). The highest BCUT2D eigenvalue weighted by Gasteiger charge is 2.14. The monoisotopic (exact) mass is 338 g/mol. The number of halogens is 1. The molecule has 1 fully saturated rings. The topological polar surface area (TPSA) is 41.1 Å². The van der Waals surface area contributed by atoms with Gasteiger partial charge in [0, 0.05) is 16.2 Å². The average molecular weight is 339 g/mol. The largest absolute Gasteiger partial charge is 0.375 e. The molecule has 1 aromatic carbocycles. The molecule has 0 atom stereocenters. The fraction of sp³-hybridized carbons (Fsp3) is 0.562. The van der Waals surface area contributed by atoms with Crippen LogP contribution in [0.1, 0.15) is 44.1 Å². The maximum Gasteiger partial charge on any atom is 0.239 e. The van der Waals surface area contributed by atoms with Crippen molar-refractivity contribution in [1.82, 2.24) is 5.32 Å². The molecule has 1 aliphatic rings. The number of benzene rings is 1. The molecule has 1 saturated carbocycles. The number of hydrogen-bond acceptors (Lipinski definition) is 2. The number of nitrogens with one attached hydrogen (secondary N) is 2. The number of hydrogen-bond donors (Lipinski definition) is 2. The zero-order valence-electron chi connectivity index (χ0n) is 12.0.